The molecule has 2 aromatic rings. The van der Waals surface area contributed by atoms with Crippen molar-refractivity contribution in [2.75, 3.05) is 0 Å². The van der Waals surface area contributed by atoms with Crippen LogP contribution in [0.25, 0.3) is 16.8 Å². The maximum absolute atomic E-state index is 10.8. The number of allylic oxidation sites excluding steroid dienone is 2. The number of carboxylic acids is 2. The Balaban J connectivity index is 0.000000181. The van der Waals surface area contributed by atoms with E-state index in [1.165, 1.54) is 41.5 Å². The van der Waals surface area contributed by atoms with Gasteiger partial charge in [0.2, 0.25) is 0 Å². The summed E-state index contributed by atoms with van der Waals surface area (Å²) in [5.41, 5.74) is 0.253. The molecule has 0 aromatic heterocycles. The average Bonchev–Trinajstić information content (AvgIpc) is 2.61. The molecule has 25 heavy (non-hydrogen) atoms. The van der Waals surface area contributed by atoms with E-state index in [4.69, 9.17) is 10.2 Å². The zero-order valence-electron chi connectivity index (χ0n) is 14.0. The lowest BCUT2D eigenvalue weighted by Gasteiger charge is -2.23. The van der Waals surface area contributed by atoms with Crippen molar-refractivity contribution < 1.29 is 19.8 Å². The molecule has 4 heteroatoms. The summed E-state index contributed by atoms with van der Waals surface area (Å²) in [6, 6.07) is 14.6. The fraction of sp³-hybridized carbons (Fsp3) is 0.143. The summed E-state index contributed by atoms with van der Waals surface area (Å²) in [5, 5.41) is 20.0. The molecule has 1 unspecified atom stereocenters. The fourth-order valence-corrected chi connectivity index (χ4v) is 2.61. The second kappa shape index (κ2) is 7.62. The van der Waals surface area contributed by atoms with Crippen molar-refractivity contribution in [3.63, 3.8) is 0 Å². The number of benzene rings is 2. The van der Waals surface area contributed by atoms with Gasteiger partial charge in [0.15, 0.2) is 0 Å². The third-order valence-corrected chi connectivity index (χ3v) is 4.13. The van der Waals surface area contributed by atoms with E-state index in [1.807, 2.05) is 6.08 Å². The van der Waals surface area contributed by atoms with Gasteiger partial charge in [-0.25, -0.2) is 4.79 Å². The minimum atomic E-state index is -1.08. The number of carboxylic acid groups (broad SMARTS) is 2. The van der Waals surface area contributed by atoms with E-state index in [-0.39, 0.29) is 12.0 Å². The molecule has 1 aliphatic carbocycles. The Kier molecular flexibility index (Phi) is 5.55. The van der Waals surface area contributed by atoms with Crippen molar-refractivity contribution in [3.8, 4) is 0 Å². The largest absolute Gasteiger partial charge is 0.481 e. The third kappa shape index (κ3) is 4.23. The van der Waals surface area contributed by atoms with E-state index < -0.39 is 17.4 Å². The van der Waals surface area contributed by atoms with E-state index in [2.05, 4.69) is 49.0 Å². The second-order valence-corrected chi connectivity index (χ2v) is 6.03. The van der Waals surface area contributed by atoms with Crippen LogP contribution in [0.5, 0.6) is 0 Å². The number of rotatable bonds is 3. The summed E-state index contributed by atoms with van der Waals surface area (Å²) in [4.78, 5) is 21.3. The summed E-state index contributed by atoms with van der Waals surface area (Å²) in [6.07, 6.45) is 6.33. The van der Waals surface area contributed by atoms with Gasteiger partial charge in [-0.2, -0.15) is 0 Å². The van der Waals surface area contributed by atoms with Crippen LogP contribution in [0.3, 0.4) is 0 Å². The first-order valence-electron chi connectivity index (χ1n) is 7.82. The Hall–Kier alpha value is -3.14. The molecule has 0 bridgehead atoms. The highest BCUT2D eigenvalue weighted by Gasteiger charge is 2.34. The first-order valence-corrected chi connectivity index (χ1v) is 7.82. The summed E-state index contributed by atoms with van der Waals surface area (Å²) in [7, 11) is 0. The van der Waals surface area contributed by atoms with E-state index in [1.54, 1.807) is 0 Å². The van der Waals surface area contributed by atoms with Crippen LogP contribution in [0, 0.1) is 5.41 Å². The number of fused-ring (bicyclic) bond motifs is 1. The Labute approximate surface area is 146 Å². The van der Waals surface area contributed by atoms with Crippen LogP contribution in [-0.2, 0) is 9.59 Å². The maximum atomic E-state index is 10.8. The lowest BCUT2D eigenvalue weighted by molar-refractivity contribution is -0.145. The number of aliphatic carboxylic acids is 2. The van der Waals surface area contributed by atoms with Crippen LogP contribution < -0.4 is 0 Å². The van der Waals surface area contributed by atoms with Crippen LogP contribution in [0.1, 0.15) is 18.9 Å². The van der Waals surface area contributed by atoms with Crippen molar-refractivity contribution in [1.82, 2.24) is 0 Å². The quantitative estimate of drug-likeness (QED) is 0.863. The highest BCUT2D eigenvalue weighted by molar-refractivity contribution is 5.90. The van der Waals surface area contributed by atoms with Crippen LogP contribution in [0.2, 0.25) is 0 Å². The molecule has 0 radical (unpaired) electrons. The van der Waals surface area contributed by atoms with Gasteiger partial charge in [-0.1, -0.05) is 73.3 Å². The molecule has 0 saturated carbocycles. The molecule has 0 heterocycles. The standard InChI is InChI=1S/C12H10.C9H10O4/c1-2-10-7-5-8-11-6-3-4-9-12(10)11;1-9(8(12)13)4-2-3-6(5-9)7(10)11/h2-9H,1H2;2-4H,5H2,1H3,(H,10,11)(H,12,13). The van der Waals surface area contributed by atoms with Gasteiger partial charge in [0.1, 0.15) is 0 Å². The van der Waals surface area contributed by atoms with E-state index in [0.29, 0.717) is 0 Å². The highest BCUT2D eigenvalue weighted by Crippen LogP contribution is 2.31. The third-order valence-electron chi connectivity index (χ3n) is 4.13. The zero-order valence-corrected chi connectivity index (χ0v) is 14.0. The predicted molar refractivity (Wildman–Crippen MR) is 99.3 cm³/mol. The van der Waals surface area contributed by atoms with Gasteiger partial charge in [0.25, 0.3) is 0 Å². The fourth-order valence-electron chi connectivity index (χ4n) is 2.61. The smallest absolute Gasteiger partial charge is 0.331 e. The molecular weight excluding hydrogens is 316 g/mol. The molecule has 0 amide bonds. The molecule has 1 aliphatic rings. The molecule has 3 rings (SSSR count). The topological polar surface area (TPSA) is 74.6 Å². The minimum absolute atomic E-state index is 0.0359. The molecule has 2 aromatic carbocycles. The first kappa shape index (κ1) is 18.2. The Morgan fingerprint density at radius 3 is 2.44 bits per heavy atom. The van der Waals surface area contributed by atoms with Crippen LogP contribution in [0.15, 0.2) is 72.8 Å². The van der Waals surface area contributed by atoms with Crippen LogP contribution in [-0.4, -0.2) is 22.2 Å². The van der Waals surface area contributed by atoms with Crippen molar-refractivity contribution in [1.29, 1.82) is 0 Å². The Morgan fingerprint density at radius 1 is 1.12 bits per heavy atom. The van der Waals surface area contributed by atoms with E-state index in [9.17, 15) is 9.59 Å². The van der Waals surface area contributed by atoms with Gasteiger partial charge in [-0.3, -0.25) is 4.79 Å². The molecule has 0 fully saturated rings. The molecule has 1 atom stereocenters. The molecule has 128 valence electrons. The van der Waals surface area contributed by atoms with Gasteiger partial charge in [-0.05, 0) is 29.7 Å². The van der Waals surface area contributed by atoms with Gasteiger partial charge in [-0.15, -0.1) is 0 Å². The lowest BCUT2D eigenvalue weighted by atomic mass is 9.80. The number of carbonyl (C=O) groups is 2. The van der Waals surface area contributed by atoms with Gasteiger partial charge in [0.05, 0.1) is 5.41 Å². The van der Waals surface area contributed by atoms with Crippen molar-refractivity contribution in [2.45, 2.75) is 13.3 Å². The van der Waals surface area contributed by atoms with Gasteiger partial charge in [0, 0.05) is 5.57 Å². The van der Waals surface area contributed by atoms with Gasteiger partial charge >= 0.3 is 11.9 Å². The molecule has 0 saturated heterocycles. The lowest BCUT2D eigenvalue weighted by Crippen LogP contribution is -2.28. The second-order valence-electron chi connectivity index (χ2n) is 6.03. The summed E-state index contributed by atoms with van der Waals surface area (Å²) >= 11 is 0. The molecule has 4 nitrogen and oxygen atoms in total. The summed E-state index contributed by atoms with van der Waals surface area (Å²) in [5.74, 6) is -2.06. The van der Waals surface area contributed by atoms with Crippen molar-refractivity contribution in [3.05, 3.63) is 78.4 Å². The predicted octanol–water partition coefficient (Wildman–Crippen LogP) is 4.53. The molecule has 0 aliphatic heterocycles. The van der Waals surface area contributed by atoms with Crippen molar-refractivity contribution >= 4 is 28.8 Å². The highest BCUT2D eigenvalue weighted by atomic mass is 16.4. The Bertz CT molecular complexity index is 871. The van der Waals surface area contributed by atoms with E-state index in [0.717, 1.165) is 0 Å². The molecule has 2 N–H and O–H groups in total. The van der Waals surface area contributed by atoms with Crippen molar-refractivity contribution in [2.24, 2.45) is 5.41 Å². The average molecular weight is 336 g/mol. The van der Waals surface area contributed by atoms with Crippen LogP contribution >= 0.6 is 0 Å². The summed E-state index contributed by atoms with van der Waals surface area (Å²) in [6.45, 7) is 5.28. The molecule has 0 spiro atoms. The normalized spacial score (nSPS) is 18.7. The Morgan fingerprint density at radius 2 is 1.80 bits per heavy atom. The summed E-state index contributed by atoms with van der Waals surface area (Å²) < 4.78 is 0. The first-order chi connectivity index (χ1) is 11.9. The minimum Gasteiger partial charge on any atom is -0.481 e. The number of hydrogen-bond acceptors (Lipinski definition) is 2. The monoisotopic (exact) mass is 336 g/mol. The molecular formula is C21H20O4. The SMILES string of the molecule is C=Cc1cccc2ccccc12.CC1(C(=O)O)C=CC=C(C(=O)O)C1. The van der Waals surface area contributed by atoms with E-state index >= 15 is 0 Å². The van der Waals surface area contributed by atoms with Crippen LogP contribution in [0.4, 0.5) is 0 Å². The number of hydrogen-bond donors (Lipinski definition) is 2. The zero-order chi connectivity index (χ0) is 18.4. The maximum Gasteiger partial charge on any atom is 0.331 e. The van der Waals surface area contributed by atoms with Gasteiger partial charge < -0.3 is 10.2 Å².